The number of aryl methyl sites for hydroxylation is 1. The van der Waals surface area contributed by atoms with Gasteiger partial charge in [0.05, 0.1) is 18.1 Å². The third-order valence-corrected chi connectivity index (χ3v) is 3.75. The van der Waals surface area contributed by atoms with E-state index in [1.807, 2.05) is 0 Å². The Morgan fingerprint density at radius 3 is 2.54 bits per heavy atom. The Balaban J connectivity index is 1.93. The molecule has 0 amide bonds. The van der Waals surface area contributed by atoms with Crippen LogP contribution in [0, 0.1) is 0 Å². The fourth-order valence-electron chi connectivity index (χ4n) is 2.54. The predicted molar refractivity (Wildman–Crippen MR) is 90.7 cm³/mol. The summed E-state index contributed by atoms with van der Waals surface area (Å²) >= 11 is 0. The minimum absolute atomic E-state index is 0.297. The van der Waals surface area contributed by atoms with Crippen molar-refractivity contribution in [1.82, 2.24) is 9.13 Å². The highest BCUT2D eigenvalue weighted by molar-refractivity contribution is 5.92. The van der Waals surface area contributed by atoms with E-state index in [1.54, 1.807) is 49.5 Å². The first-order valence-electron chi connectivity index (χ1n) is 7.29. The van der Waals surface area contributed by atoms with Crippen molar-refractivity contribution in [1.29, 1.82) is 0 Å². The van der Waals surface area contributed by atoms with Gasteiger partial charge in [-0.25, -0.2) is 9.36 Å². The number of methoxy groups -OCH3 is 1. The molecule has 0 bridgehead atoms. The van der Waals surface area contributed by atoms with Gasteiger partial charge in [0.25, 0.3) is 5.91 Å². The molecule has 0 saturated heterocycles. The second kappa shape index (κ2) is 6.11. The Morgan fingerprint density at radius 1 is 1.12 bits per heavy atom. The lowest BCUT2D eigenvalue weighted by Gasteiger charge is -2.09. The maximum Gasteiger partial charge on any atom is 0.335 e. The van der Waals surface area contributed by atoms with Gasteiger partial charge in [0.15, 0.2) is 18.1 Å². The Morgan fingerprint density at radius 2 is 1.83 bits per heavy atom. The first-order chi connectivity index (χ1) is 11.5. The number of para-hydroxylation sites is 2. The van der Waals surface area contributed by atoms with Gasteiger partial charge in [0, 0.05) is 12.7 Å². The summed E-state index contributed by atoms with van der Waals surface area (Å²) in [6.07, 6.45) is 0. The van der Waals surface area contributed by atoms with Gasteiger partial charge >= 0.3 is 5.69 Å². The van der Waals surface area contributed by atoms with Gasteiger partial charge in [0.2, 0.25) is 0 Å². The summed E-state index contributed by atoms with van der Waals surface area (Å²) in [5.74, 6) is 0.461. The smallest absolute Gasteiger partial charge is 0.335 e. The maximum atomic E-state index is 12.5. The first kappa shape index (κ1) is 15.7. The van der Waals surface area contributed by atoms with Crippen LogP contribution in [0.1, 0.15) is 4.79 Å². The third-order valence-electron chi connectivity index (χ3n) is 3.75. The molecule has 124 valence electrons. The molecule has 1 aromatic heterocycles. The van der Waals surface area contributed by atoms with Crippen LogP contribution in [0.15, 0.2) is 47.3 Å². The zero-order chi connectivity index (χ0) is 17.3. The molecule has 2 aromatic carbocycles. The number of carbonyl (C=O) groups excluding carboxylic acids is 1. The van der Waals surface area contributed by atoms with Crippen LogP contribution in [0.3, 0.4) is 0 Å². The SMILES string of the molecule is COc1ccccc1OCC(=O)n1c(=O)n(C)c2ccc(N)cc21. The van der Waals surface area contributed by atoms with Crippen molar-refractivity contribution in [3.63, 3.8) is 0 Å². The largest absolute Gasteiger partial charge is 0.493 e. The third kappa shape index (κ3) is 2.60. The Labute approximate surface area is 137 Å². The zero-order valence-corrected chi connectivity index (χ0v) is 13.4. The summed E-state index contributed by atoms with van der Waals surface area (Å²) in [4.78, 5) is 24.9. The lowest BCUT2D eigenvalue weighted by atomic mass is 10.3. The number of anilines is 1. The summed E-state index contributed by atoms with van der Waals surface area (Å²) < 4.78 is 13.2. The van der Waals surface area contributed by atoms with E-state index < -0.39 is 11.6 Å². The van der Waals surface area contributed by atoms with Crippen LogP contribution in [0.2, 0.25) is 0 Å². The van der Waals surface area contributed by atoms with Crippen LogP contribution in [-0.4, -0.2) is 28.8 Å². The molecule has 3 rings (SSSR count). The Kier molecular flexibility index (Phi) is 3.99. The minimum atomic E-state index is -0.484. The minimum Gasteiger partial charge on any atom is -0.493 e. The molecule has 0 radical (unpaired) electrons. The molecule has 7 heteroatoms. The molecule has 0 aliphatic rings. The van der Waals surface area contributed by atoms with Gasteiger partial charge < -0.3 is 15.2 Å². The molecule has 0 aliphatic heterocycles. The number of fused-ring (bicyclic) bond motifs is 1. The van der Waals surface area contributed by atoms with E-state index in [9.17, 15) is 9.59 Å². The Hall–Kier alpha value is -3.22. The molecule has 3 aromatic rings. The van der Waals surface area contributed by atoms with Gasteiger partial charge in [0.1, 0.15) is 0 Å². The number of carbonyl (C=O) groups is 1. The summed E-state index contributed by atoms with van der Waals surface area (Å²) in [5.41, 5.74) is 6.88. The Bertz CT molecular complexity index is 972. The quantitative estimate of drug-likeness (QED) is 0.736. The van der Waals surface area contributed by atoms with E-state index in [4.69, 9.17) is 15.2 Å². The summed E-state index contributed by atoms with van der Waals surface area (Å²) in [7, 11) is 3.12. The van der Waals surface area contributed by atoms with Crippen molar-refractivity contribution in [2.45, 2.75) is 0 Å². The molecular weight excluding hydrogens is 310 g/mol. The van der Waals surface area contributed by atoms with Crippen molar-refractivity contribution in [3.05, 3.63) is 52.9 Å². The van der Waals surface area contributed by atoms with Gasteiger partial charge in [-0.05, 0) is 30.3 Å². The summed E-state index contributed by atoms with van der Waals surface area (Å²) in [6.45, 7) is -0.297. The van der Waals surface area contributed by atoms with Gasteiger partial charge in [-0.15, -0.1) is 0 Å². The van der Waals surface area contributed by atoms with E-state index in [-0.39, 0.29) is 6.61 Å². The highest BCUT2D eigenvalue weighted by atomic mass is 16.5. The summed E-state index contributed by atoms with van der Waals surface area (Å²) in [6, 6.07) is 12.0. The highest BCUT2D eigenvalue weighted by Crippen LogP contribution is 2.25. The normalized spacial score (nSPS) is 10.8. The number of hydrogen-bond acceptors (Lipinski definition) is 5. The molecule has 0 atom stereocenters. The zero-order valence-electron chi connectivity index (χ0n) is 13.4. The van der Waals surface area contributed by atoms with Crippen molar-refractivity contribution in [3.8, 4) is 11.5 Å². The second-order valence-electron chi connectivity index (χ2n) is 5.26. The topological polar surface area (TPSA) is 88.5 Å². The number of imidazole rings is 1. The molecule has 1 heterocycles. The average Bonchev–Trinajstić information content (AvgIpc) is 2.83. The molecule has 0 spiro atoms. The number of nitrogens with two attached hydrogens (primary N) is 1. The number of benzene rings is 2. The summed E-state index contributed by atoms with van der Waals surface area (Å²) in [5, 5.41) is 0. The van der Waals surface area contributed by atoms with Crippen LogP contribution >= 0.6 is 0 Å². The molecular formula is C17H17N3O4. The molecule has 2 N–H and O–H groups in total. The van der Waals surface area contributed by atoms with Crippen LogP contribution in [0.5, 0.6) is 11.5 Å². The standard InChI is InChI=1S/C17H17N3O4/c1-19-12-8-7-11(18)9-13(12)20(17(19)22)16(21)10-24-15-6-4-3-5-14(15)23-2/h3-9H,10,18H2,1-2H3. The van der Waals surface area contributed by atoms with Gasteiger partial charge in [-0.2, -0.15) is 0 Å². The molecule has 24 heavy (non-hydrogen) atoms. The number of rotatable bonds is 4. The van der Waals surface area contributed by atoms with Crippen LogP contribution in [0.25, 0.3) is 11.0 Å². The van der Waals surface area contributed by atoms with Crippen molar-refractivity contribution >= 4 is 22.6 Å². The number of hydrogen-bond donors (Lipinski definition) is 1. The molecule has 0 aliphatic carbocycles. The number of nitrogens with zero attached hydrogens (tertiary/aromatic N) is 2. The monoisotopic (exact) mass is 327 g/mol. The van der Waals surface area contributed by atoms with Crippen molar-refractivity contribution < 1.29 is 14.3 Å². The molecule has 7 nitrogen and oxygen atoms in total. The number of nitrogen functional groups attached to an aromatic ring is 1. The lowest BCUT2D eigenvalue weighted by molar-refractivity contribution is 0.0836. The van der Waals surface area contributed by atoms with Gasteiger partial charge in [-0.1, -0.05) is 12.1 Å². The molecule has 0 saturated carbocycles. The highest BCUT2D eigenvalue weighted by Gasteiger charge is 2.18. The average molecular weight is 327 g/mol. The van der Waals surface area contributed by atoms with E-state index >= 15 is 0 Å². The lowest BCUT2D eigenvalue weighted by Crippen LogP contribution is -2.31. The first-order valence-corrected chi connectivity index (χ1v) is 7.29. The number of ether oxygens (including phenoxy) is 2. The van der Waals surface area contributed by atoms with Crippen LogP contribution < -0.4 is 20.9 Å². The van der Waals surface area contributed by atoms with Crippen LogP contribution in [-0.2, 0) is 7.05 Å². The van der Waals surface area contributed by atoms with E-state index in [0.717, 1.165) is 4.57 Å². The predicted octanol–water partition coefficient (Wildman–Crippen LogP) is 1.65. The van der Waals surface area contributed by atoms with Crippen LogP contribution in [0.4, 0.5) is 5.69 Å². The maximum absolute atomic E-state index is 12.5. The fraction of sp³-hybridized carbons (Fsp3) is 0.176. The van der Waals surface area contributed by atoms with E-state index in [0.29, 0.717) is 28.2 Å². The van der Waals surface area contributed by atoms with E-state index in [1.165, 1.54) is 11.7 Å². The van der Waals surface area contributed by atoms with Gasteiger partial charge in [-0.3, -0.25) is 9.36 Å². The second-order valence-corrected chi connectivity index (χ2v) is 5.26. The number of aromatic nitrogens is 2. The molecule has 0 fully saturated rings. The fourth-order valence-corrected chi connectivity index (χ4v) is 2.54. The van der Waals surface area contributed by atoms with Crippen molar-refractivity contribution in [2.75, 3.05) is 19.5 Å². The molecule has 0 unspecified atom stereocenters. The van der Waals surface area contributed by atoms with E-state index in [2.05, 4.69) is 0 Å². The van der Waals surface area contributed by atoms with Crippen molar-refractivity contribution in [2.24, 2.45) is 7.05 Å².